The van der Waals surface area contributed by atoms with Crippen molar-refractivity contribution >= 4 is 22.4 Å². The molecule has 1 aromatic heterocycles. The largest absolute Gasteiger partial charge is 0.370 e. The molecule has 5 rings (SSSR count). The van der Waals surface area contributed by atoms with Crippen LogP contribution in [0.4, 0.5) is 5.69 Å². The maximum absolute atomic E-state index is 12.6. The Morgan fingerprint density at radius 3 is 2.69 bits per heavy atom. The van der Waals surface area contributed by atoms with Crippen LogP contribution in [-0.2, 0) is 16.0 Å². The molecule has 0 atom stereocenters. The van der Waals surface area contributed by atoms with Gasteiger partial charge in [0, 0.05) is 23.1 Å². The number of quaternary nitrogens is 1. The standard InChI is InChI=1S/C23H23N3O3/c1-26(8-10-29-11-9-26)14-21(27)24-16-7-6-15-12-20-17-4-2-3-5-18(17)23(28)25-22(20)19(15)13-16/h2-7,13H,8-12,14H2,1H3,(H-,24,25,27,28)/p+1. The van der Waals surface area contributed by atoms with Crippen LogP contribution in [0.5, 0.6) is 0 Å². The van der Waals surface area contributed by atoms with E-state index in [1.54, 1.807) is 0 Å². The number of nitrogens with one attached hydrogen (secondary N) is 2. The van der Waals surface area contributed by atoms with Crippen molar-refractivity contribution in [2.75, 3.05) is 45.2 Å². The van der Waals surface area contributed by atoms with Crippen molar-refractivity contribution in [3.8, 4) is 11.3 Å². The summed E-state index contributed by atoms with van der Waals surface area (Å²) >= 11 is 0. The minimum Gasteiger partial charge on any atom is -0.370 e. The van der Waals surface area contributed by atoms with Crippen molar-refractivity contribution in [2.45, 2.75) is 6.42 Å². The first-order chi connectivity index (χ1) is 14.0. The average molecular weight is 390 g/mol. The molecule has 1 fully saturated rings. The van der Waals surface area contributed by atoms with Crippen molar-refractivity contribution in [3.05, 3.63) is 63.9 Å². The van der Waals surface area contributed by atoms with E-state index in [1.165, 1.54) is 0 Å². The molecule has 2 heterocycles. The quantitative estimate of drug-likeness (QED) is 0.528. The van der Waals surface area contributed by atoms with Gasteiger partial charge in [-0.25, -0.2) is 0 Å². The third-order valence-electron chi connectivity index (χ3n) is 6.14. The number of amides is 1. The smallest absolute Gasteiger partial charge is 0.279 e. The lowest BCUT2D eigenvalue weighted by Crippen LogP contribution is -2.55. The van der Waals surface area contributed by atoms with E-state index in [9.17, 15) is 9.59 Å². The van der Waals surface area contributed by atoms with Gasteiger partial charge in [-0.1, -0.05) is 24.3 Å². The molecule has 2 N–H and O–H groups in total. The number of anilines is 1. The molecular formula is C23H24N3O3+. The summed E-state index contributed by atoms with van der Waals surface area (Å²) in [7, 11) is 2.09. The molecule has 2 aromatic carbocycles. The van der Waals surface area contributed by atoms with Crippen LogP contribution in [0.2, 0.25) is 0 Å². The third kappa shape index (κ3) is 3.24. The molecule has 0 spiro atoms. The number of benzene rings is 2. The number of morpholine rings is 1. The van der Waals surface area contributed by atoms with Gasteiger partial charge in [0.25, 0.3) is 11.5 Å². The number of fused-ring (bicyclic) bond motifs is 5. The lowest BCUT2D eigenvalue weighted by Gasteiger charge is -2.36. The maximum Gasteiger partial charge on any atom is 0.279 e. The number of aromatic nitrogens is 1. The second-order valence-electron chi connectivity index (χ2n) is 8.29. The first-order valence-electron chi connectivity index (χ1n) is 10.0. The molecule has 1 amide bonds. The van der Waals surface area contributed by atoms with Gasteiger partial charge < -0.3 is 19.5 Å². The summed E-state index contributed by atoms with van der Waals surface area (Å²) in [5.74, 6) is -0.000393. The summed E-state index contributed by atoms with van der Waals surface area (Å²) in [6, 6.07) is 13.7. The Kier molecular flexibility index (Phi) is 4.26. The number of likely N-dealkylation sites (N-methyl/N-ethyl adjacent to an activating group) is 1. The van der Waals surface area contributed by atoms with Crippen LogP contribution < -0.4 is 10.9 Å². The van der Waals surface area contributed by atoms with Crippen LogP contribution in [0, 0.1) is 0 Å². The molecule has 0 saturated carbocycles. The molecule has 0 radical (unpaired) electrons. The Hall–Kier alpha value is -2.96. The highest BCUT2D eigenvalue weighted by molar-refractivity contribution is 5.95. The van der Waals surface area contributed by atoms with E-state index < -0.39 is 0 Å². The molecule has 29 heavy (non-hydrogen) atoms. The number of rotatable bonds is 3. The molecule has 1 aliphatic carbocycles. The molecule has 6 heteroatoms. The number of hydrogen-bond acceptors (Lipinski definition) is 3. The van der Waals surface area contributed by atoms with E-state index >= 15 is 0 Å². The van der Waals surface area contributed by atoms with Crippen LogP contribution in [0.15, 0.2) is 47.3 Å². The summed E-state index contributed by atoms with van der Waals surface area (Å²) in [6.45, 7) is 3.51. The highest BCUT2D eigenvalue weighted by atomic mass is 16.5. The van der Waals surface area contributed by atoms with E-state index in [2.05, 4.69) is 17.3 Å². The summed E-state index contributed by atoms with van der Waals surface area (Å²) in [6.07, 6.45) is 0.783. The van der Waals surface area contributed by atoms with Gasteiger partial charge in [-0.15, -0.1) is 0 Å². The van der Waals surface area contributed by atoms with E-state index in [4.69, 9.17) is 4.74 Å². The van der Waals surface area contributed by atoms with Crippen molar-refractivity contribution in [3.63, 3.8) is 0 Å². The molecule has 1 saturated heterocycles. The van der Waals surface area contributed by atoms with Crippen LogP contribution >= 0.6 is 0 Å². The predicted molar refractivity (Wildman–Crippen MR) is 113 cm³/mol. The number of H-pyrrole nitrogens is 1. The zero-order chi connectivity index (χ0) is 20.0. The molecule has 0 unspecified atom stereocenters. The number of ether oxygens (including phenoxy) is 1. The second-order valence-corrected chi connectivity index (χ2v) is 8.29. The highest BCUT2D eigenvalue weighted by Crippen LogP contribution is 2.39. The number of hydrogen-bond donors (Lipinski definition) is 2. The van der Waals surface area contributed by atoms with Gasteiger partial charge in [0.1, 0.15) is 13.1 Å². The fourth-order valence-electron chi connectivity index (χ4n) is 4.47. The van der Waals surface area contributed by atoms with Crippen LogP contribution in [0.25, 0.3) is 22.0 Å². The zero-order valence-corrected chi connectivity index (χ0v) is 16.5. The van der Waals surface area contributed by atoms with Gasteiger partial charge in [-0.3, -0.25) is 9.59 Å². The SMILES string of the molecule is C[N+]1(CC(=O)Nc2ccc3c(c2)-c2[nH]c(=O)c4ccccc4c2C3)CCOCC1. The third-order valence-corrected chi connectivity index (χ3v) is 6.14. The summed E-state index contributed by atoms with van der Waals surface area (Å²) in [5, 5.41) is 4.75. The minimum atomic E-state index is -0.0774. The van der Waals surface area contributed by atoms with E-state index in [-0.39, 0.29) is 11.5 Å². The summed E-state index contributed by atoms with van der Waals surface area (Å²) in [4.78, 5) is 28.2. The van der Waals surface area contributed by atoms with Crippen molar-refractivity contribution in [1.82, 2.24) is 4.98 Å². The van der Waals surface area contributed by atoms with Crippen molar-refractivity contribution in [2.24, 2.45) is 0 Å². The van der Waals surface area contributed by atoms with Gasteiger partial charge in [0.05, 0.1) is 26.0 Å². The minimum absolute atomic E-state index is 0.000393. The molecule has 2 aliphatic rings. The van der Waals surface area contributed by atoms with Gasteiger partial charge in [0.2, 0.25) is 0 Å². The maximum atomic E-state index is 12.6. The number of carbonyl (C=O) groups excluding carboxylic acids is 1. The Labute approximate surface area is 168 Å². The second kappa shape index (κ2) is 6.83. The van der Waals surface area contributed by atoms with Crippen molar-refractivity contribution < 1.29 is 14.0 Å². The Bertz CT molecular complexity index is 1180. The van der Waals surface area contributed by atoms with Gasteiger partial charge in [0.15, 0.2) is 6.54 Å². The molecule has 6 nitrogen and oxygen atoms in total. The first-order valence-corrected chi connectivity index (χ1v) is 10.0. The van der Waals surface area contributed by atoms with Crippen LogP contribution in [0.3, 0.4) is 0 Å². The fourth-order valence-corrected chi connectivity index (χ4v) is 4.47. The Morgan fingerprint density at radius 1 is 1.14 bits per heavy atom. The molecular weight excluding hydrogens is 366 g/mol. The van der Waals surface area contributed by atoms with Gasteiger partial charge in [-0.05, 0) is 34.7 Å². The predicted octanol–water partition coefficient (Wildman–Crippen LogP) is 2.51. The van der Waals surface area contributed by atoms with Crippen molar-refractivity contribution in [1.29, 1.82) is 0 Å². The van der Waals surface area contributed by atoms with Gasteiger partial charge in [-0.2, -0.15) is 0 Å². The lowest BCUT2D eigenvalue weighted by molar-refractivity contribution is -0.909. The normalized spacial score (nSPS) is 17.0. The van der Waals surface area contributed by atoms with E-state index in [0.29, 0.717) is 24.2 Å². The highest BCUT2D eigenvalue weighted by Gasteiger charge is 2.28. The first kappa shape index (κ1) is 18.1. The molecule has 3 aromatic rings. The van der Waals surface area contributed by atoms with E-state index in [1.807, 2.05) is 42.5 Å². The number of aromatic amines is 1. The Balaban J connectivity index is 1.44. The molecule has 148 valence electrons. The number of carbonyl (C=O) groups is 1. The zero-order valence-electron chi connectivity index (χ0n) is 16.5. The number of pyridine rings is 1. The lowest BCUT2D eigenvalue weighted by atomic mass is 10.0. The molecule has 0 bridgehead atoms. The fraction of sp³-hybridized carbons (Fsp3) is 0.304. The summed E-state index contributed by atoms with van der Waals surface area (Å²) in [5.41, 5.74) is 4.85. The monoisotopic (exact) mass is 390 g/mol. The van der Waals surface area contributed by atoms with Gasteiger partial charge >= 0.3 is 0 Å². The molecule has 1 aliphatic heterocycles. The summed E-state index contributed by atoms with van der Waals surface area (Å²) < 4.78 is 6.11. The average Bonchev–Trinajstić information content (AvgIpc) is 3.06. The van der Waals surface area contributed by atoms with Crippen LogP contribution in [0.1, 0.15) is 11.1 Å². The number of nitrogens with zero attached hydrogens (tertiary/aromatic N) is 1. The Morgan fingerprint density at radius 2 is 1.90 bits per heavy atom. The topological polar surface area (TPSA) is 71.2 Å². The van der Waals surface area contributed by atoms with Crippen LogP contribution in [-0.4, -0.2) is 55.3 Å². The van der Waals surface area contributed by atoms with E-state index in [0.717, 1.165) is 58.4 Å².